The summed E-state index contributed by atoms with van der Waals surface area (Å²) >= 11 is 0. The highest BCUT2D eigenvalue weighted by molar-refractivity contribution is 6.74. The number of halogens is 1. The lowest BCUT2D eigenvalue weighted by molar-refractivity contribution is -0.119. The first kappa shape index (κ1) is 21.2. The van der Waals surface area contributed by atoms with Gasteiger partial charge in [0, 0.05) is 31.2 Å². The summed E-state index contributed by atoms with van der Waals surface area (Å²) in [6.07, 6.45) is 3.10. The molecule has 0 aliphatic heterocycles. The highest BCUT2D eigenvalue weighted by atomic mass is 28.4. The van der Waals surface area contributed by atoms with Gasteiger partial charge in [-0.1, -0.05) is 20.8 Å². The van der Waals surface area contributed by atoms with Crippen LogP contribution in [0.25, 0.3) is 10.8 Å². The number of nitrogens with zero attached hydrogens (tertiary/aromatic N) is 1. The van der Waals surface area contributed by atoms with Crippen LogP contribution < -0.4 is 5.32 Å². The minimum Gasteiger partial charge on any atom is -0.408 e. The van der Waals surface area contributed by atoms with Crippen LogP contribution in [0.3, 0.4) is 0 Å². The summed E-state index contributed by atoms with van der Waals surface area (Å²) in [4.78, 5) is 27.0. The number of carbonyl (C=O) groups is 2. The van der Waals surface area contributed by atoms with Gasteiger partial charge in [-0.05, 0) is 41.2 Å². The van der Waals surface area contributed by atoms with Crippen molar-refractivity contribution in [2.45, 2.75) is 51.9 Å². The van der Waals surface area contributed by atoms with Crippen LogP contribution in [0.2, 0.25) is 18.1 Å². The SMILES string of the molecule is CC(=O)NCC(O[Si](C)(C)C(C)(C)C)c1cc(F)c(C=O)c2ccncc12. The van der Waals surface area contributed by atoms with Crippen molar-refractivity contribution in [2.24, 2.45) is 0 Å². The van der Waals surface area contributed by atoms with Gasteiger partial charge in [-0.3, -0.25) is 14.6 Å². The molecule has 5 nitrogen and oxygen atoms in total. The molecule has 0 spiro atoms. The molecule has 7 heteroatoms. The third-order valence-electron chi connectivity index (χ3n) is 5.21. The lowest BCUT2D eigenvalue weighted by Crippen LogP contribution is -2.44. The van der Waals surface area contributed by atoms with E-state index in [-0.39, 0.29) is 23.1 Å². The second kappa shape index (κ2) is 7.86. The van der Waals surface area contributed by atoms with Gasteiger partial charge in [0.15, 0.2) is 14.6 Å². The zero-order chi connectivity index (χ0) is 20.4. The average molecular weight is 391 g/mol. The molecule has 0 aliphatic carbocycles. The molecule has 0 saturated heterocycles. The normalized spacial score (nSPS) is 13.4. The van der Waals surface area contributed by atoms with E-state index in [1.807, 2.05) is 0 Å². The Balaban J connectivity index is 2.62. The summed E-state index contributed by atoms with van der Waals surface area (Å²) in [6, 6.07) is 2.95. The maximum Gasteiger partial charge on any atom is 0.216 e. The van der Waals surface area contributed by atoms with Crippen molar-refractivity contribution in [3.8, 4) is 0 Å². The van der Waals surface area contributed by atoms with Crippen LogP contribution in [0.5, 0.6) is 0 Å². The number of benzene rings is 1. The maximum atomic E-state index is 14.6. The molecular formula is C20H27FN2O3Si. The van der Waals surface area contributed by atoms with Crippen LogP contribution in [0.4, 0.5) is 4.39 Å². The smallest absolute Gasteiger partial charge is 0.216 e. The Labute approximate surface area is 160 Å². The van der Waals surface area contributed by atoms with Crippen LogP contribution in [0.15, 0.2) is 24.5 Å². The number of carbonyl (C=O) groups excluding carboxylic acids is 2. The fraction of sp³-hybridized carbons (Fsp3) is 0.450. The molecule has 1 unspecified atom stereocenters. The van der Waals surface area contributed by atoms with Gasteiger partial charge in [0.2, 0.25) is 5.91 Å². The molecule has 27 heavy (non-hydrogen) atoms. The van der Waals surface area contributed by atoms with Crippen molar-refractivity contribution in [2.75, 3.05) is 6.54 Å². The van der Waals surface area contributed by atoms with Gasteiger partial charge in [0.1, 0.15) is 5.82 Å². The minimum atomic E-state index is -2.21. The number of amides is 1. The number of aromatic nitrogens is 1. The third-order valence-corrected chi connectivity index (χ3v) is 9.69. The molecule has 1 amide bonds. The lowest BCUT2D eigenvalue weighted by atomic mass is 9.98. The molecule has 1 aromatic heterocycles. The highest BCUT2D eigenvalue weighted by Crippen LogP contribution is 2.41. The fourth-order valence-electron chi connectivity index (χ4n) is 2.65. The van der Waals surface area contributed by atoms with E-state index in [9.17, 15) is 14.0 Å². The van der Waals surface area contributed by atoms with Crippen molar-refractivity contribution in [1.29, 1.82) is 0 Å². The molecule has 0 fully saturated rings. The predicted molar refractivity (Wildman–Crippen MR) is 107 cm³/mol. The van der Waals surface area contributed by atoms with Gasteiger partial charge in [0.05, 0.1) is 11.7 Å². The fourth-order valence-corrected chi connectivity index (χ4v) is 3.93. The molecule has 1 atom stereocenters. The van der Waals surface area contributed by atoms with Crippen molar-refractivity contribution < 1.29 is 18.4 Å². The lowest BCUT2D eigenvalue weighted by Gasteiger charge is -2.39. The molecule has 1 N–H and O–H groups in total. The number of nitrogens with one attached hydrogen (secondary N) is 1. The van der Waals surface area contributed by atoms with E-state index in [1.165, 1.54) is 19.2 Å². The first-order valence-electron chi connectivity index (χ1n) is 8.91. The van der Waals surface area contributed by atoms with Crippen LogP contribution in [-0.4, -0.2) is 32.0 Å². The van der Waals surface area contributed by atoms with Gasteiger partial charge in [-0.2, -0.15) is 0 Å². The number of hydrogen-bond donors (Lipinski definition) is 1. The van der Waals surface area contributed by atoms with E-state index in [2.05, 4.69) is 44.2 Å². The van der Waals surface area contributed by atoms with Crippen molar-refractivity contribution in [3.05, 3.63) is 41.5 Å². The summed E-state index contributed by atoms with van der Waals surface area (Å²) in [7, 11) is -2.21. The molecule has 1 aromatic carbocycles. The van der Waals surface area contributed by atoms with Gasteiger partial charge < -0.3 is 9.74 Å². The van der Waals surface area contributed by atoms with E-state index in [0.717, 1.165) is 0 Å². The molecule has 1 heterocycles. The first-order chi connectivity index (χ1) is 12.5. The summed E-state index contributed by atoms with van der Waals surface area (Å²) < 4.78 is 21.1. The Morgan fingerprint density at radius 3 is 2.59 bits per heavy atom. The van der Waals surface area contributed by atoms with Gasteiger partial charge in [-0.15, -0.1) is 0 Å². The summed E-state index contributed by atoms with van der Waals surface area (Å²) in [6.45, 7) is 12.2. The van der Waals surface area contributed by atoms with Crippen LogP contribution in [-0.2, 0) is 9.22 Å². The van der Waals surface area contributed by atoms with Crippen LogP contribution in [0, 0.1) is 5.82 Å². The minimum absolute atomic E-state index is 0.00162. The van der Waals surface area contributed by atoms with Gasteiger partial charge in [-0.25, -0.2) is 4.39 Å². The Morgan fingerprint density at radius 1 is 1.37 bits per heavy atom. The number of aldehydes is 1. The quantitative estimate of drug-likeness (QED) is 0.587. The third kappa shape index (κ3) is 4.59. The summed E-state index contributed by atoms with van der Waals surface area (Å²) in [5.74, 6) is -0.795. The van der Waals surface area contributed by atoms with E-state index < -0.39 is 20.2 Å². The van der Waals surface area contributed by atoms with Gasteiger partial charge >= 0.3 is 0 Å². The molecule has 146 valence electrons. The van der Waals surface area contributed by atoms with Crippen molar-refractivity contribution in [3.63, 3.8) is 0 Å². The topological polar surface area (TPSA) is 68.3 Å². The molecular weight excluding hydrogens is 363 g/mol. The van der Waals surface area contributed by atoms with Gasteiger partial charge in [0.25, 0.3) is 0 Å². The number of fused-ring (bicyclic) bond motifs is 1. The molecule has 0 aliphatic rings. The summed E-state index contributed by atoms with van der Waals surface area (Å²) in [5, 5.41) is 3.85. The van der Waals surface area contributed by atoms with E-state index in [1.54, 1.807) is 12.3 Å². The van der Waals surface area contributed by atoms with Crippen molar-refractivity contribution >= 4 is 31.3 Å². The zero-order valence-corrected chi connectivity index (χ0v) is 17.7. The predicted octanol–water partition coefficient (Wildman–Crippen LogP) is 4.39. The average Bonchev–Trinajstić information content (AvgIpc) is 2.56. The largest absolute Gasteiger partial charge is 0.408 e. The highest BCUT2D eigenvalue weighted by Gasteiger charge is 2.40. The zero-order valence-electron chi connectivity index (χ0n) is 16.7. The molecule has 0 saturated carbocycles. The molecule has 0 bridgehead atoms. The van der Waals surface area contributed by atoms with Crippen LogP contribution in [0.1, 0.15) is 49.7 Å². The maximum absolute atomic E-state index is 14.6. The number of rotatable bonds is 6. The molecule has 0 radical (unpaired) electrons. The Bertz CT molecular complexity index is 862. The van der Waals surface area contributed by atoms with E-state index in [0.29, 0.717) is 22.6 Å². The van der Waals surface area contributed by atoms with E-state index >= 15 is 0 Å². The second-order valence-electron chi connectivity index (χ2n) is 8.20. The standard InChI is InChI=1S/C20H27FN2O3Si/c1-13(25)23-11-19(26-27(5,6)20(2,3)4)15-9-18(21)17(12-24)14-7-8-22-10-16(14)15/h7-10,12,19H,11H2,1-6H3,(H,23,25). The molecule has 2 rings (SSSR count). The number of pyridine rings is 1. The van der Waals surface area contributed by atoms with E-state index in [4.69, 9.17) is 4.43 Å². The Hall–Kier alpha value is -2.12. The van der Waals surface area contributed by atoms with Crippen molar-refractivity contribution in [1.82, 2.24) is 10.3 Å². The Morgan fingerprint density at radius 2 is 2.04 bits per heavy atom. The Kier molecular flexibility index (Phi) is 6.16. The number of hydrogen-bond acceptors (Lipinski definition) is 4. The molecule has 2 aromatic rings. The first-order valence-corrected chi connectivity index (χ1v) is 11.8. The summed E-state index contributed by atoms with van der Waals surface area (Å²) in [5.41, 5.74) is 0.585. The van der Waals surface area contributed by atoms with Crippen LogP contribution >= 0.6 is 0 Å². The monoisotopic (exact) mass is 390 g/mol. The second-order valence-corrected chi connectivity index (χ2v) is 13.0.